The first kappa shape index (κ1) is 22.2. The normalized spacial score (nSPS) is 14.6. The molecule has 0 radical (unpaired) electrons. The molecule has 6 aromatic rings. The van der Waals surface area contributed by atoms with E-state index in [1.54, 1.807) is 12.3 Å². The molecule has 0 bridgehead atoms. The van der Waals surface area contributed by atoms with Gasteiger partial charge in [-0.25, -0.2) is 9.97 Å². The Kier molecular flexibility index (Phi) is 5.50. The highest BCUT2D eigenvalue weighted by Crippen LogP contribution is 2.34. The van der Waals surface area contributed by atoms with Gasteiger partial charge in [0.2, 0.25) is 0 Å². The maximum absolute atomic E-state index is 13.7. The molecule has 1 fully saturated rings. The van der Waals surface area contributed by atoms with Crippen molar-refractivity contribution in [2.75, 3.05) is 0 Å². The van der Waals surface area contributed by atoms with Gasteiger partial charge in [0, 0.05) is 35.9 Å². The molecule has 0 amide bonds. The highest BCUT2D eigenvalue weighted by Gasteiger charge is 2.18. The minimum Gasteiger partial charge on any atom is -0.337 e. The Balaban J connectivity index is 1.26. The van der Waals surface area contributed by atoms with Gasteiger partial charge in [-0.15, -0.1) is 11.3 Å². The van der Waals surface area contributed by atoms with Gasteiger partial charge in [0.05, 0.1) is 15.8 Å². The Morgan fingerprint density at radius 3 is 2.73 bits per heavy atom. The van der Waals surface area contributed by atoms with Crippen LogP contribution in [0.25, 0.3) is 55.3 Å². The minimum absolute atomic E-state index is 0.250. The van der Waals surface area contributed by atoms with E-state index in [1.165, 1.54) is 43.7 Å². The van der Waals surface area contributed by atoms with Crippen LogP contribution in [0.2, 0.25) is 0 Å². The minimum atomic E-state index is -0.250. The highest BCUT2D eigenvalue weighted by atomic mass is 32.1. The average Bonchev–Trinajstić information content (AvgIpc) is 3.66. The number of fused-ring (bicyclic) bond motifs is 2. The van der Waals surface area contributed by atoms with Crippen molar-refractivity contribution >= 4 is 33.4 Å². The Bertz CT molecular complexity index is 1730. The van der Waals surface area contributed by atoms with Crippen LogP contribution in [0.15, 0.2) is 55.1 Å². The van der Waals surface area contributed by atoms with Gasteiger partial charge >= 0.3 is 0 Å². The van der Waals surface area contributed by atoms with Gasteiger partial charge in [0.1, 0.15) is 16.9 Å². The molecule has 1 saturated carbocycles. The topological polar surface area (TPSA) is 96.0 Å². The quantitative estimate of drug-likeness (QED) is 0.262. The summed E-state index contributed by atoms with van der Waals surface area (Å²) in [4.78, 5) is 22.5. The maximum atomic E-state index is 13.7. The number of halogens is 1. The van der Waals surface area contributed by atoms with E-state index in [0.717, 1.165) is 56.3 Å². The standard InChI is InChI=1S/C28H24FN7S/c29-23-7-6-22(37-23)26-25-21(8-9-31-26)33-28(34-25)24-20-12-19(15-32-27(20)36-35-24)18-11-17(13-30-14-18)10-16-4-2-1-3-5-16/h6-9,11-16H,1-5,10H2,(H,33,34)(H,32,35,36). The molecular weight excluding hydrogens is 485 g/mol. The first-order valence-electron chi connectivity index (χ1n) is 12.6. The van der Waals surface area contributed by atoms with Crippen molar-refractivity contribution in [2.24, 2.45) is 5.92 Å². The van der Waals surface area contributed by atoms with E-state index in [9.17, 15) is 4.39 Å². The van der Waals surface area contributed by atoms with Gasteiger partial charge in [-0.3, -0.25) is 15.1 Å². The van der Waals surface area contributed by atoms with Crippen molar-refractivity contribution in [2.45, 2.75) is 38.5 Å². The number of nitrogens with zero attached hydrogens (tertiary/aromatic N) is 5. The fraction of sp³-hybridized carbons (Fsp3) is 0.250. The number of aromatic nitrogens is 7. The van der Waals surface area contributed by atoms with Crippen LogP contribution < -0.4 is 0 Å². The summed E-state index contributed by atoms with van der Waals surface area (Å²) in [6.07, 6.45) is 15.2. The van der Waals surface area contributed by atoms with Crippen molar-refractivity contribution in [3.05, 3.63) is 65.8 Å². The number of rotatable bonds is 5. The Morgan fingerprint density at radius 2 is 1.86 bits per heavy atom. The summed E-state index contributed by atoms with van der Waals surface area (Å²) in [5.74, 6) is 1.39. The predicted octanol–water partition coefficient (Wildman–Crippen LogP) is 6.95. The van der Waals surface area contributed by atoms with E-state index < -0.39 is 0 Å². The number of pyridine rings is 3. The molecule has 0 aliphatic heterocycles. The lowest BCUT2D eigenvalue weighted by molar-refractivity contribution is 0.356. The molecule has 1 aliphatic rings. The zero-order valence-corrected chi connectivity index (χ0v) is 20.9. The number of thiophene rings is 1. The zero-order chi connectivity index (χ0) is 24.8. The van der Waals surface area contributed by atoms with Gasteiger partial charge in [-0.05, 0) is 48.2 Å². The smallest absolute Gasteiger partial charge is 0.181 e. The maximum Gasteiger partial charge on any atom is 0.181 e. The summed E-state index contributed by atoms with van der Waals surface area (Å²) in [5, 5.41) is 8.12. The summed E-state index contributed by atoms with van der Waals surface area (Å²) in [5.41, 5.74) is 6.83. The van der Waals surface area contributed by atoms with Crippen molar-refractivity contribution in [3.8, 4) is 33.2 Å². The van der Waals surface area contributed by atoms with Gasteiger partial charge in [-0.2, -0.15) is 9.49 Å². The number of hydrogen-bond acceptors (Lipinski definition) is 6. The first-order chi connectivity index (χ1) is 18.2. The zero-order valence-electron chi connectivity index (χ0n) is 20.0. The molecule has 37 heavy (non-hydrogen) atoms. The van der Waals surface area contributed by atoms with Crippen LogP contribution >= 0.6 is 11.3 Å². The SMILES string of the molecule is Fc1ccc(-c2nccc3[nH]c(-c4[nH]nc5ncc(-c6cncc(CC7CCCCC7)c6)cc45)nc23)s1. The third-order valence-corrected chi connectivity index (χ3v) is 8.11. The fourth-order valence-electron chi connectivity index (χ4n) is 5.40. The van der Waals surface area contributed by atoms with Gasteiger partial charge in [0.25, 0.3) is 0 Å². The van der Waals surface area contributed by atoms with Crippen molar-refractivity contribution in [1.29, 1.82) is 0 Å². The van der Waals surface area contributed by atoms with Gasteiger partial charge in [0.15, 0.2) is 16.6 Å². The second kappa shape index (κ2) is 9.15. The summed E-state index contributed by atoms with van der Waals surface area (Å²) < 4.78 is 13.7. The number of nitrogens with one attached hydrogen (secondary N) is 2. The number of H-pyrrole nitrogens is 2. The molecule has 6 aromatic heterocycles. The molecule has 9 heteroatoms. The predicted molar refractivity (Wildman–Crippen MR) is 144 cm³/mol. The van der Waals surface area contributed by atoms with Crippen LogP contribution in [-0.2, 0) is 6.42 Å². The molecule has 0 spiro atoms. The Hall–Kier alpha value is -3.98. The van der Waals surface area contributed by atoms with E-state index in [1.807, 2.05) is 24.7 Å². The largest absolute Gasteiger partial charge is 0.337 e. The second-order valence-corrected chi connectivity index (χ2v) is 10.8. The monoisotopic (exact) mass is 509 g/mol. The molecule has 184 valence electrons. The van der Waals surface area contributed by atoms with E-state index in [-0.39, 0.29) is 5.13 Å². The average molecular weight is 510 g/mol. The van der Waals surface area contributed by atoms with Crippen LogP contribution in [0.4, 0.5) is 4.39 Å². The molecule has 0 saturated heterocycles. The Morgan fingerprint density at radius 1 is 0.973 bits per heavy atom. The van der Waals surface area contributed by atoms with E-state index in [4.69, 9.17) is 4.98 Å². The lowest BCUT2D eigenvalue weighted by Crippen LogP contribution is -2.09. The van der Waals surface area contributed by atoms with Crippen LogP contribution in [0, 0.1) is 11.0 Å². The van der Waals surface area contributed by atoms with Crippen molar-refractivity contribution < 1.29 is 4.39 Å². The van der Waals surface area contributed by atoms with Crippen LogP contribution in [-0.4, -0.2) is 35.1 Å². The Labute approximate surface area is 216 Å². The number of aromatic amines is 2. The molecular formula is C28H24FN7S. The number of hydrogen-bond donors (Lipinski definition) is 2. The lowest BCUT2D eigenvalue weighted by atomic mass is 9.85. The van der Waals surface area contributed by atoms with Crippen molar-refractivity contribution in [3.63, 3.8) is 0 Å². The van der Waals surface area contributed by atoms with Crippen LogP contribution in [0.1, 0.15) is 37.7 Å². The molecule has 0 unspecified atom stereocenters. The lowest BCUT2D eigenvalue weighted by Gasteiger charge is -2.21. The summed E-state index contributed by atoms with van der Waals surface area (Å²) in [6, 6.07) is 9.37. The van der Waals surface area contributed by atoms with E-state index in [0.29, 0.717) is 22.7 Å². The highest BCUT2D eigenvalue weighted by molar-refractivity contribution is 7.13. The van der Waals surface area contributed by atoms with Crippen LogP contribution in [0.3, 0.4) is 0 Å². The third-order valence-electron chi connectivity index (χ3n) is 7.23. The fourth-order valence-corrected chi connectivity index (χ4v) is 6.12. The molecule has 7 rings (SSSR count). The summed E-state index contributed by atoms with van der Waals surface area (Å²) >= 11 is 1.06. The molecule has 0 atom stereocenters. The summed E-state index contributed by atoms with van der Waals surface area (Å²) in [7, 11) is 0. The first-order valence-corrected chi connectivity index (χ1v) is 13.4. The van der Waals surface area contributed by atoms with Gasteiger partial charge < -0.3 is 4.98 Å². The molecule has 7 nitrogen and oxygen atoms in total. The van der Waals surface area contributed by atoms with E-state index in [2.05, 4.69) is 42.3 Å². The number of imidazole rings is 1. The van der Waals surface area contributed by atoms with Gasteiger partial charge in [-0.1, -0.05) is 32.1 Å². The third kappa shape index (κ3) is 4.19. The van der Waals surface area contributed by atoms with E-state index >= 15 is 0 Å². The molecule has 1 aliphatic carbocycles. The van der Waals surface area contributed by atoms with Crippen LogP contribution in [0.5, 0.6) is 0 Å². The summed E-state index contributed by atoms with van der Waals surface area (Å²) in [6.45, 7) is 0. The molecule has 2 N–H and O–H groups in total. The molecule has 6 heterocycles. The second-order valence-electron chi connectivity index (χ2n) is 9.73. The molecule has 0 aromatic carbocycles. The van der Waals surface area contributed by atoms with Crippen molar-refractivity contribution in [1.82, 2.24) is 35.1 Å².